The molecule has 2 fully saturated rings. The van der Waals surface area contributed by atoms with Gasteiger partial charge in [0, 0.05) is 12.6 Å². The highest BCUT2D eigenvalue weighted by atomic mass is 15.2. The zero-order valence-electron chi connectivity index (χ0n) is 8.87. The lowest BCUT2D eigenvalue weighted by Gasteiger charge is -2.24. The van der Waals surface area contributed by atoms with Gasteiger partial charge in [0.05, 0.1) is 0 Å². The van der Waals surface area contributed by atoms with Crippen LogP contribution in [0.2, 0.25) is 0 Å². The summed E-state index contributed by atoms with van der Waals surface area (Å²) < 4.78 is 0. The molecule has 1 aliphatic carbocycles. The fourth-order valence-corrected chi connectivity index (χ4v) is 2.72. The van der Waals surface area contributed by atoms with Gasteiger partial charge in [-0.1, -0.05) is 6.92 Å². The highest BCUT2D eigenvalue weighted by Gasteiger charge is 2.41. The minimum atomic E-state index is 0.775. The predicted octanol–water partition coefficient (Wildman–Crippen LogP) is 1.31. The highest BCUT2D eigenvalue weighted by molar-refractivity contribution is 4.93. The molecule has 1 saturated carbocycles. The van der Waals surface area contributed by atoms with Crippen LogP contribution in [0, 0.1) is 17.8 Å². The summed E-state index contributed by atoms with van der Waals surface area (Å²) in [4.78, 5) is 2.64. The Kier molecular flexibility index (Phi) is 2.61. The quantitative estimate of drug-likeness (QED) is 0.713. The molecule has 2 heteroatoms. The van der Waals surface area contributed by atoms with Crippen molar-refractivity contribution in [2.45, 2.75) is 32.7 Å². The number of likely N-dealkylation sites (tertiary alicyclic amines) is 1. The van der Waals surface area contributed by atoms with Gasteiger partial charge in [0.25, 0.3) is 0 Å². The van der Waals surface area contributed by atoms with Gasteiger partial charge in [-0.25, -0.2) is 0 Å². The maximum Gasteiger partial charge on any atom is 0.00979 e. The van der Waals surface area contributed by atoms with Crippen molar-refractivity contribution in [3.05, 3.63) is 0 Å². The normalized spacial score (nSPS) is 42.2. The third-order valence-corrected chi connectivity index (χ3v) is 4.02. The molecule has 4 atom stereocenters. The number of hydrogen-bond donors (Lipinski definition) is 1. The summed E-state index contributed by atoms with van der Waals surface area (Å²) in [5.74, 6) is 2.74. The molecule has 2 N–H and O–H groups in total. The van der Waals surface area contributed by atoms with Crippen LogP contribution in [0.3, 0.4) is 0 Å². The molecule has 2 nitrogen and oxygen atoms in total. The van der Waals surface area contributed by atoms with Crippen LogP contribution >= 0.6 is 0 Å². The first-order valence-electron chi connectivity index (χ1n) is 5.66. The monoisotopic (exact) mass is 182 g/mol. The van der Waals surface area contributed by atoms with Crippen LogP contribution < -0.4 is 5.73 Å². The molecule has 1 aliphatic heterocycles. The fourth-order valence-electron chi connectivity index (χ4n) is 2.72. The largest absolute Gasteiger partial charge is 0.330 e. The molecular weight excluding hydrogens is 160 g/mol. The average molecular weight is 182 g/mol. The summed E-state index contributed by atoms with van der Waals surface area (Å²) in [6.07, 6.45) is 2.77. The van der Waals surface area contributed by atoms with Gasteiger partial charge in [0.15, 0.2) is 0 Å². The van der Waals surface area contributed by atoms with E-state index in [9.17, 15) is 0 Å². The average Bonchev–Trinajstić information content (AvgIpc) is 2.70. The van der Waals surface area contributed by atoms with Crippen molar-refractivity contribution in [3.63, 3.8) is 0 Å². The zero-order valence-corrected chi connectivity index (χ0v) is 8.87. The summed E-state index contributed by atoms with van der Waals surface area (Å²) in [5.41, 5.74) is 5.69. The van der Waals surface area contributed by atoms with E-state index in [2.05, 4.69) is 18.7 Å². The Morgan fingerprint density at radius 1 is 1.54 bits per heavy atom. The molecule has 0 radical (unpaired) electrons. The molecule has 0 aromatic rings. The van der Waals surface area contributed by atoms with Crippen molar-refractivity contribution in [2.24, 2.45) is 23.5 Å². The lowest BCUT2D eigenvalue weighted by Crippen LogP contribution is -2.33. The van der Waals surface area contributed by atoms with Gasteiger partial charge in [0.2, 0.25) is 0 Å². The molecule has 0 spiro atoms. The Morgan fingerprint density at radius 3 is 2.69 bits per heavy atom. The third kappa shape index (κ3) is 1.89. The Labute approximate surface area is 81.5 Å². The molecule has 2 rings (SSSR count). The predicted molar refractivity (Wildman–Crippen MR) is 55.5 cm³/mol. The van der Waals surface area contributed by atoms with Gasteiger partial charge in [-0.2, -0.15) is 0 Å². The second-order valence-electron chi connectivity index (χ2n) is 5.00. The highest BCUT2D eigenvalue weighted by Crippen LogP contribution is 2.43. The molecule has 0 amide bonds. The topological polar surface area (TPSA) is 29.3 Å². The van der Waals surface area contributed by atoms with Gasteiger partial charge < -0.3 is 10.6 Å². The molecule has 0 aromatic heterocycles. The first kappa shape index (κ1) is 9.47. The second-order valence-corrected chi connectivity index (χ2v) is 5.00. The standard InChI is InChI=1S/C11H22N2/c1-8-5-11(8)9(2)13-4-3-10(6-12)7-13/h8-11H,3-7,12H2,1-2H3. The van der Waals surface area contributed by atoms with Gasteiger partial charge in [-0.3, -0.25) is 0 Å². The molecule has 76 valence electrons. The Hall–Kier alpha value is -0.0800. The van der Waals surface area contributed by atoms with Crippen LogP contribution in [0.4, 0.5) is 0 Å². The smallest absolute Gasteiger partial charge is 0.00979 e. The summed E-state index contributed by atoms with van der Waals surface area (Å²) in [6.45, 7) is 8.18. The van der Waals surface area contributed by atoms with Crippen LogP contribution in [0.5, 0.6) is 0 Å². The van der Waals surface area contributed by atoms with Crippen molar-refractivity contribution >= 4 is 0 Å². The summed E-state index contributed by atoms with van der Waals surface area (Å²) in [5, 5.41) is 0. The van der Waals surface area contributed by atoms with Crippen LogP contribution in [0.15, 0.2) is 0 Å². The molecule has 1 saturated heterocycles. The number of nitrogens with two attached hydrogens (primary N) is 1. The van der Waals surface area contributed by atoms with Crippen molar-refractivity contribution in [1.82, 2.24) is 4.90 Å². The van der Waals surface area contributed by atoms with Crippen LogP contribution in [0.25, 0.3) is 0 Å². The molecule has 0 aromatic carbocycles. The number of rotatable bonds is 3. The van der Waals surface area contributed by atoms with Gasteiger partial charge in [0.1, 0.15) is 0 Å². The maximum absolute atomic E-state index is 5.69. The molecule has 1 heterocycles. The summed E-state index contributed by atoms with van der Waals surface area (Å²) >= 11 is 0. The maximum atomic E-state index is 5.69. The Balaban J connectivity index is 1.81. The summed E-state index contributed by atoms with van der Waals surface area (Å²) in [7, 11) is 0. The zero-order chi connectivity index (χ0) is 9.42. The van der Waals surface area contributed by atoms with Crippen molar-refractivity contribution in [1.29, 1.82) is 0 Å². The van der Waals surface area contributed by atoms with Gasteiger partial charge >= 0.3 is 0 Å². The van der Waals surface area contributed by atoms with Gasteiger partial charge in [-0.15, -0.1) is 0 Å². The first-order chi connectivity index (χ1) is 6.22. The molecule has 13 heavy (non-hydrogen) atoms. The fraction of sp³-hybridized carbons (Fsp3) is 1.00. The minimum absolute atomic E-state index is 0.775. The lowest BCUT2D eigenvalue weighted by molar-refractivity contribution is 0.222. The summed E-state index contributed by atoms with van der Waals surface area (Å²) in [6, 6.07) is 0.812. The van der Waals surface area contributed by atoms with E-state index in [1.807, 2.05) is 0 Å². The van der Waals surface area contributed by atoms with Crippen LogP contribution in [0.1, 0.15) is 26.7 Å². The van der Waals surface area contributed by atoms with E-state index in [0.29, 0.717) is 0 Å². The second kappa shape index (κ2) is 3.58. The first-order valence-corrected chi connectivity index (χ1v) is 5.66. The van der Waals surface area contributed by atoms with E-state index in [4.69, 9.17) is 5.73 Å². The van der Waals surface area contributed by atoms with E-state index >= 15 is 0 Å². The van der Waals surface area contributed by atoms with Crippen molar-refractivity contribution in [2.75, 3.05) is 19.6 Å². The minimum Gasteiger partial charge on any atom is -0.330 e. The molecule has 4 unspecified atom stereocenters. The SMILES string of the molecule is CC1CC1C(C)N1CCC(CN)C1. The number of hydrogen-bond acceptors (Lipinski definition) is 2. The number of nitrogens with zero attached hydrogens (tertiary/aromatic N) is 1. The Bertz CT molecular complexity index is 181. The van der Waals surface area contributed by atoms with E-state index in [1.54, 1.807) is 0 Å². The van der Waals surface area contributed by atoms with Crippen molar-refractivity contribution in [3.8, 4) is 0 Å². The van der Waals surface area contributed by atoms with Crippen molar-refractivity contribution < 1.29 is 0 Å². The van der Waals surface area contributed by atoms with Crippen LogP contribution in [-0.4, -0.2) is 30.6 Å². The van der Waals surface area contributed by atoms with E-state index in [0.717, 1.165) is 30.3 Å². The molecular formula is C11H22N2. The molecule has 2 aliphatic rings. The Morgan fingerprint density at radius 2 is 2.23 bits per heavy atom. The third-order valence-electron chi connectivity index (χ3n) is 4.02. The van der Waals surface area contributed by atoms with E-state index in [-0.39, 0.29) is 0 Å². The van der Waals surface area contributed by atoms with E-state index in [1.165, 1.54) is 25.9 Å². The van der Waals surface area contributed by atoms with E-state index < -0.39 is 0 Å². The molecule has 0 bridgehead atoms. The lowest BCUT2D eigenvalue weighted by atomic mass is 10.1. The van der Waals surface area contributed by atoms with Gasteiger partial charge in [-0.05, 0) is 50.6 Å². The van der Waals surface area contributed by atoms with Crippen LogP contribution in [-0.2, 0) is 0 Å².